The van der Waals surface area contributed by atoms with Crippen molar-refractivity contribution in [1.29, 1.82) is 0 Å². The minimum atomic E-state index is 0.493. The molecule has 1 aliphatic rings. The van der Waals surface area contributed by atoms with Crippen molar-refractivity contribution >= 4 is 23.4 Å². The van der Waals surface area contributed by atoms with Gasteiger partial charge in [-0.25, -0.2) is 4.98 Å². The van der Waals surface area contributed by atoms with Gasteiger partial charge in [0.05, 0.1) is 6.20 Å². The average Bonchev–Trinajstić information content (AvgIpc) is 2.58. The smallest absolute Gasteiger partial charge is 0.224 e. The average molecular weight is 241 g/mol. The number of aromatic nitrogens is 2. The van der Waals surface area contributed by atoms with E-state index in [4.69, 9.17) is 11.6 Å². The first kappa shape index (κ1) is 11.5. The molecule has 1 saturated heterocycles. The molecule has 1 aliphatic heterocycles. The van der Waals surface area contributed by atoms with E-state index in [0.29, 0.717) is 22.9 Å². The lowest BCUT2D eigenvalue weighted by atomic mass is 10.1. The normalized spacial score (nSPS) is 24.9. The zero-order valence-corrected chi connectivity index (χ0v) is 10.6. The molecule has 5 heteroatoms. The Morgan fingerprint density at radius 2 is 2.25 bits per heavy atom. The van der Waals surface area contributed by atoms with E-state index >= 15 is 0 Å². The van der Waals surface area contributed by atoms with Crippen molar-refractivity contribution in [2.24, 2.45) is 5.92 Å². The number of anilines is 2. The Kier molecular flexibility index (Phi) is 3.19. The monoisotopic (exact) mass is 240 g/mol. The third-order valence-electron chi connectivity index (χ3n) is 3.01. The molecule has 0 aliphatic carbocycles. The van der Waals surface area contributed by atoms with Crippen molar-refractivity contribution in [3.63, 3.8) is 0 Å². The van der Waals surface area contributed by atoms with Gasteiger partial charge in [0.25, 0.3) is 0 Å². The Labute approximate surface area is 101 Å². The van der Waals surface area contributed by atoms with Gasteiger partial charge in [0.1, 0.15) is 5.02 Å². The van der Waals surface area contributed by atoms with E-state index in [1.807, 2.05) is 7.05 Å². The first-order chi connectivity index (χ1) is 7.61. The van der Waals surface area contributed by atoms with Crippen LogP contribution in [0.5, 0.6) is 0 Å². The van der Waals surface area contributed by atoms with Gasteiger partial charge in [-0.15, -0.1) is 0 Å². The molecule has 0 aromatic carbocycles. The third-order valence-corrected chi connectivity index (χ3v) is 3.27. The largest absolute Gasteiger partial charge is 0.357 e. The van der Waals surface area contributed by atoms with Crippen LogP contribution in [0.2, 0.25) is 5.02 Å². The van der Waals surface area contributed by atoms with Crippen molar-refractivity contribution < 1.29 is 0 Å². The van der Waals surface area contributed by atoms with Gasteiger partial charge in [-0.2, -0.15) is 4.98 Å². The molecule has 2 rings (SSSR count). The van der Waals surface area contributed by atoms with Crippen LogP contribution in [0.25, 0.3) is 0 Å². The van der Waals surface area contributed by atoms with Crippen LogP contribution in [0.1, 0.15) is 20.3 Å². The lowest BCUT2D eigenvalue weighted by molar-refractivity contribution is 0.625. The maximum absolute atomic E-state index is 6.15. The van der Waals surface area contributed by atoms with Gasteiger partial charge in [-0.05, 0) is 19.3 Å². The van der Waals surface area contributed by atoms with Gasteiger partial charge >= 0.3 is 0 Å². The summed E-state index contributed by atoms with van der Waals surface area (Å²) in [5.41, 5.74) is 0. The molecule has 0 amide bonds. The van der Waals surface area contributed by atoms with Gasteiger partial charge in [0.15, 0.2) is 5.82 Å². The van der Waals surface area contributed by atoms with E-state index in [0.717, 1.165) is 12.4 Å². The van der Waals surface area contributed by atoms with Crippen LogP contribution in [-0.2, 0) is 0 Å². The maximum atomic E-state index is 6.15. The molecule has 16 heavy (non-hydrogen) atoms. The van der Waals surface area contributed by atoms with Gasteiger partial charge < -0.3 is 10.2 Å². The Morgan fingerprint density at radius 3 is 2.81 bits per heavy atom. The molecule has 0 bridgehead atoms. The zero-order valence-electron chi connectivity index (χ0n) is 9.87. The molecular weight excluding hydrogens is 224 g/mol. The van der Waals surface area contributed by atoms with E-state index in [9.17, 15) is 0 Å². The molecule has 1 N–H and O–H groups in total. The molecule has 0 radical (unpaired) electrons. The minimum absolute atomic E-state index is 0.493. The molecule has 2 unspecified atom stereocenters. The molecule has 1 fully saturated rings. The molecule has 1 aromatic heterocycles. The van der Waals surface area contributed by atoms with E-state index in [1.54, 1.807) is 6.20 Å². The van der Waals surface area contributed by atoms with Crippen molar-refractivity contribution in [3.05, 3.63) is 11.2 Å². The Balaban J connectivity index is 2.32. The fourth-order valence-corrected chi connectivity index (χ4v) is 2.47. The van der Waals surface area contributed by atoms with Crippen molar-refractivity contribution in [3.8, 4) is 0 Å². The SMILES string of the molecule is CNc1ncc(Cl)c(N2CC(C)CC2C)n1. The molecule has 4 nitrogen and oxygen atoms in total. The van der Waals surface area contributed by atoms with Gasteiger partial charge in [-0.3, -0.25) is 0 Å². The number of rotatable bonds is 2. The number of hydrogen-bond acceptors (Lipinski definition) is 4. The second-order valence-corrected chi connectivity index (χ2v) is 4.86. The molecule has 2 atom stereocenters. The summed E-state index contributed by atoms with van der Waals surface area (Å²) in [4.78, 5) is 10.8. The topological polar surface area (TPSA) is 41.1 Å². The van der Waals surface area contributed by atoms with E-state index < -0.39 is 0 Å². The zero-order chi connectivity index (χ0) is 11.7. The highest BCUT2D eigenvalue weighted by molar-refractivity contribution is 6.32. The summed E-state index contributed by atoms with van der Waals surface area (Å²) in [5.74, 6) is 2.16. The van der Waals surface area contributed by atoms with Crippen molar-refractivity contribution in [2.75, 3.05) is 23.8 Å². The maximum Gasteiger partial charge on any atom is 0.224 e. The molecule has 88 valence electrons. The third kappa shape index (κ3) is 2.07. The summed E-state index contributed by atoms with van der Waals surface area (Å²) in [7, 11) is 1.81. The fraction of sp³-hybridized carbons (Fsp3) is 0.636. The highest BCUT2D eigenvalue weighted by atomic mass is 35.5. The van der Waals surface area contributed by atoms with Crippen LogP contribution in [0.15, 0.2) is 6.20 Å². The van der Waals surface area contributed by atoms with Crippen molar-refractivity contribution in [2.45, 2.75) is 26.3 Å². The summed E-state index contributed by atoms with van der Waals surface area (Å²) in [5, 5.41) is 3.56. The molecular formula is C11H17ClN4. The number of nitrogens with zero attached hydrogens (tertiary/aromatic N) is 3. The highest BCUT2D eigenvalue weighted by Gasteiger charge is 2.28. The highest BCUT2D eigenvalue weighted by Crippen LogP contribution is 2.32. The quantitative estimate of drug-likeness (QED) is 0.862. The van der Waals surface area contributed by atoms with Crippen LogP contribution in [-0.4, -0.2) is 29.6 Å². The Hall–Kier alpha value is -1.03. The van der Waals surface area contributed by atoms with E-state index in [2.05, 4.69) is 34.0 Å². The predicted octanol–water partition coefficient (Wildman–Crippen LogP) is 2.41. The summed E-state index contributed by atoms with van der Waals surface area (Å²) in [6.45, 7) is 5.48. The van der Waals surface area contributed by atoms with Crippen LogP contribution in [0, 0.1) is 5.92 Å². The molecule has 2 heterocycles. The van der Waals surface area contributed by atoms with E-state index in [1.165, 1.54) is 6.42 Å². The summed E-state index contributed by atoms with van der Waals surface area (Å²) in [6.07, 6.45) is 2.85. The second-order valence-electron chi connectivity index (χ2n) is 4.46. The van der Waals surface area contributed by atoms with Crippen LogP contribution in [0.3, 0.4) is 0 Å². The lowest BCUT2D eigenvalue weighted by Gasteiger charge is -2.23. The molecule has 0 saturated carbocycles. The number of halogens is 1. The first-order valence-electron chi connectivity index (χ1n) is 5.58. The fourth-order valence-electron chi connectivity index (χ4n) is 2.28. The van der Waals surface area contributed by atoms with Gasteiger partial charge in [0.2, 0.25) is 5.95 Å². The minimum Gasteiger partial charge on any atom is -0.357 e. The van der Waals surface area contributed by atoms with Gasteiger partial charge in [0, 0.05) is 19.6 Å². The first-order valence-corrected chi connectivity index (χ1v) is 5.96. The second kappa shape index (κ2) is 4.45. The predicted molar refractivity (Wildman–Crippen MR) is 67.2 cm³/mol. The standard InChI is InChI=1S/C11H17ClN4/c1-7-4-8(2)16(6-7)10-9(12)5-14-11(13-3)15-10/h5,7-8H,4,6H2,1-3H3,(H,13,14,15). The summed E-state index contributed by atoms with van der Waals surface area (Å²) in [6, 6.07) is 0.493. The summed E-state index contributed by atoms with van der Waals surface area (Å²) < 4.78 is 0. The van der Waals surface area contributed by atoms with E-state index in [-0.39, 0.29) is 0 Å². The molecule has 0 spiro atoms. The molecule has 1 aromatic rings. The van der Waals surface area contributed by atoms with Crippen LogP contribution < -0.4 is 10.2 Å². The lowest BCUT2D eigenvalue weighted by Crippen LogP contribution is -2.28. The van der Waals surface area contributed by atoms with Crippen LogP contribution >= 0.6 is 11.6 Å². The Morgan fingerprint density at radius 1 is 1.50 bits per heavy atom. The summed E-state index contributed by atoms with van der Waals surface area (Å²) >= 11 is 6.15. The number of hydrogen-bond donors (Lipinski definition) is 1. The number of nitrogens with one attached hydrogen (secondary N) is 1. The van der Waals surface area contributed by atoms with Gasteiger partial charge in [-0.1, -0.05) is 18.5 Å². The van der Waals surface area contributed by atoms with Crippen molar-refractivity contribution in [1.82, 2.24) is 9.97 Å². The Bertz CT molecular complexity index is 382. The van der Waals surface area contributed by atoms with Crippen LogP contribution in [0.4, 0.5) is 11.8 Å².